The minimum absolute atomic E-state index is 0. The lowest BCUT2D eigenvalue weighted by Gasteiger charge is -2.30. The molecule has 0 aliphatic heterocycles. The topological polar surface area (TPSA) is 27.7 Å². The number of hydrogen-bond donors (Lipinski definition) is 0. The Kier molecular flexibility index (Phi) is 29.8. The highest BCUT2D eigenvalue weighted by Gasteiger charge is 2.36. The van der Waals surface area contributed by atoms with E-state index in [9.17, 15) is 0 Å². The molecule has 0 aliphatic rings. The van der Waals surface area contributed by atoms with Crippen molar-refractivity contribution in [2.45, 2.75) is 154 Å². The van der Waals surface area contributed by atoms with Crippen LogP contribution in [0.3, 0.4) is 0 Å². The Bertz CT molecular complexity index is 442. The van der Waals surface area contributed by atoms with Crippen LogP contribution in [-0.4, -0.2) is 61.8 Å². The van der Waals surface area contributed by atoms with E-state index >= 15 is 0 Å². The molecule has 0 bridgehead atoms. The average molecular weight is 566 g/mol. The van der Waals surface area contributed by atoms with Gasteiger partial charge in [0.1, 0.15) is 0 Å². The van der Waals surface area contributed by atoms with Crippen molar-refractivity contribution in [2.75, 3.05) is 48.5 Å². The van der Waals surface area contributed by atoms with E-state index in [1.807, 2.05) is 0 Å². The summed E-state index contributed by atoms with van der Waals surface area (Å²) >= 11 is 0. The van der Waals surface area contributed by atoms with E-state index in [1.54, 1.807) is 21.3 Å². The van der Waals surface area contributed by atoms with Gasteiger partial charge in [0.15, 0.2) is 0 Å². The predicted molar refractivity (Wildman–Crippen MR) is 161 cm³/mol. The van der Waals surface area contributed by atoms with Crippen LogP contribution in [0.25, 0.3) is 0 Å². The highest BCUT2D eigenvalue weighted by molar-refractivity contribution is 6.60. The van der Waals surface area contributed by atoms with Gasteiger partial charge in [0.2, 0.25) is 0 Å². The van der Waals surface area contributed by atoms with Crippen molar-refractivity contribution in [3.8, 4) is 0 Å². The Morgan fingerprint density at radius 3 is 1.00 bits per heavy atom. The molecular weight excluding hydrogens is 498 g/mol. The number of quaternary nitrogens is 1. The van der Waals surface area contributed by atoms with Gasteiger partial charge in [0.25, 0.3) is 0 Å². The van der Waals surface area contributed by atoms with E-state index in [0.29, 0.717) is 0 Å². The molecule has 226 valence electrons. The summed E-state index contributed by atoms with van der Waals surface area (Å²) in [6.07, 6.45) is 31.0. The Morgan fingerprint density at radius 1 is 0.432 bits per heavy atom. The monoisotopic (exact) mass is 565 g/mol. The molecular formula is C31H68ClNO3Si. The second kappa shape index (κ2) is 27.9. The van der Waals surface area contributed by atoms with Crippen LogP contribution in [0, 0.1) is 0 Å². The summed E-state index contributed by atoms with van der Waals surface area (Å²) in [5, 5.41) is 0. The summed E-state index contributed by atoms with van der Waals surface area (Å²) in [6.45, 7) is 4.97. The third kappa shape index (κ3) is 25.1. The minimum Gasteiger partial charge on any atom is -1.00 e. The first-order valence-electron chi connectivity index (χ1n) is 15.9. The molecule has 0 aromatic rings. The molecule has 0 aromatic heterocycles. The molecule has 0 heterocycles. The van der Waals surface area contributed by atoms with Gasteiger partial charge in [-0.25, -0.2) is 0 Å². The summed E-state index contributed by atoms with van der Waals surface area (Å²) in [5.74, 6) is 0. The van der Waals surface area contributed by atoms with Crippen LogP contribution < -0.4 is 12.4 Å². The first-order chi connectivity index (χ1) is 17.4. The lowest BCUT2D eigenvalue weighted by Crippen LogP contribution is -3.00. The zero-order valence-electron chi connectivity index (χ0n) is 26.2. The van der Waals surface area contributed by atoms with Crippen molar-refractivity contribution in [3.63, 3.8) is 0 Å². The van der Waals surface area contributed by atoms with E-state index in [1.165, 1.54) is 152 Å². The SMILES string of the molecule is CCCCCCCCCCCCCCCCCC[N+](C)(C)CCCCCCCC[Si](OC)(OC)OC.[Cl-]. The molecule has 0 atom stereocenters. The molecule has 0 fully saturated rings. The summed E-state index contributed by atoms with van der Waals surface area (Å²) in [5.41, 5.74) is 0. The van der Waals surface area contributed by atoms with Crippen LogP contribution in [0.4, 0.5) is 0 Å². The molecule has 37 heavy (non-hydrogen) atoms. The lowest BCUT2D eigenvalue weighted by atomic mass is 10.0. The first kappa shape index (κ1) is 39.5. The third-order valence-corrected chi connectivity index (χ3v) is 10.9. The molecule has 0 amide bonds. The fraction of sp³-hybridized carbons (Fsp3) is 1.00. The highest BCUT2D eigenvalue weighted by atomic mass is 35.5. The van der Waals surface area contributed by atoms with Crippen LogP contribution in [0.2, 0.25) is 6.04 Å². The molecule has 0 rings (SSSR count). The Balaban J connectivity index is 0. The fourth-order valence-corrected chi connectivity index (χ4v) is 7.14. The van der Waals surface area contributed by atoms with Gasteiger partial charge in [0, 0.05) is 27.4 Å². The summed E-state index contributed by atoms with van der Waals surface area (Å²) in [6, 6.07) is 0.930. The third-order valence-electron chi connectivity index (χ3n) is 8.05. The minimum atomic E-state index is -2.36. The Labute approximate surface area is 241 Å². The number of halogens is 1. The molecule has 0 saturated heterocycles. The maximum Gasteiger partial charge on any atom is 0.500 e. The molecule has 0 aromatic carbocycles. The molecule has 0 radical (unpaired) electrons. The van der Waals surface area contributed by atoms with E-state index in [4.69, 9.17) is 13.3 Å². The summed E-state index contributed by atoms with van der Waals surface area (Å²) < 4.78 is 17.7. The number of unbranched alkanes of at least 4 members (excludes halogenated alkanes) is 20. The zero-order valence-corrected chi connectivity index (χ0v) is 28.0. The predicted octanol–water partition coefficient (Wildman–Crippen LogP) is 6.55. The summed E-state index contributed by atoms with van der Waals surface area (Å²) in [4.78, 5) is 0. The van der Waals surface area contributed by atoms with Crippen LogP contribution >= 0.6 is 0 Å². The number of nitrogens with zero attached hydrogens (tertiary/aromatic N) is 1. The van der Waals surface area contributed by atoms with E-state index in [-0.39, 0.29) is 12.4 Å². The zero-order chi connectivity index (χ0) is 26.8. The van der Waals surface area contributed by atoms with Crippen LogP contribution in [0.5, 0.6) is 0 Å². The fourth-order valence-electron chi connectivity index (χ4n) is 5.34. The molecule has 0 aliphatic carbocycles. The second-order valence-corrected chi connectivity index (χ2v) is 14.9. The van der Waals surface area contributed by atoms with E-state index in [2.05, 4.69) is 21.0 Å². The van der Waals surface area contributed by atoms with Gasteiger partial charge in [-0.2, -0.15) is 0 Å². The van der Waals surface area contributed by atoms with E-state index < -0.39 is 8.80 Å². The van der Waals surface area contributed by atoms with Gasteiger partial charge in [-0.3, -0.25) is 0 Å². The normalized spacial score (nSPS) is 12.2. The molecule has 0 saturated carbocycles. The quantitative estimate of drug-likeness (QED) is 0.0585. The van der Waals surface area contributed by atoms with Crippen molar-refractivity contribution in [3.05, 3.63) is 0 Å². The average Bonchev–Trinajstić information content (AvgIpc) is 2.88. The van der Waals surface area contributed by atoms with Gasteiger partial charge >= 0.3 is 8.80 Å². The van der Waals surface area contributed by atoms with Crippen LogP contribution in [0.15, 0.2) is 0 Å². The molecule has 4 nitrogen and oxygen atoms in total. The van der Waals surface area contributed by atoms with Crippen LogP contribution in [-0.2, 0) is 13.3 Å². The molecule has 0 N–H and O–H groups in total. The highest BCUT2D eigenvalue weighted by Crippen LogP contribution is 2.19. The molecule has 0 unspecified atom stereocenters. The van der Waals surface area contributed by atoms with Crippen molar-refractivity contribution in [1.82, 2.24) is 0 Å². The standard InChI is InChI=1S/C31H68NO3Si.ClH/c1-7-8-9-10-11-12-13-14-15-16-17-18-19-20-23-26-29-32(2,3)30-27-24-21-22-25-28-31-36(33-4,34-5)35-6;/h7-31H2,1-6H3;1H/q+1;/p-1. The Morgan fingerprint density at radius 2 is 0.703 bits per heavy atom. The van der Waals surface area contributed by atoms with Gasteiger partial charge in [-0.1, -0.05) is 116 Å². The van der Waals surface area contributed by atoms with Gasteiger partial charge < -0.3 is 30.2 Å². The van der Waals surface area contributed by atoms with Crippen LogP contribution in [0.1, 0.15) is 148 Å². The Hall–Kier alpha value is 0.347. The van der Waals surface area contributed by atoms with Crippen molar-refractivity contribution >= 4 is 8.80 Å². The van der Waals surface area contributed by atoms with Crippen molar-refractivity contribution in [2.24, 2.45) is 0 Å². The van der Waals surface area contributed by atoms with Crippen molar-refractivity contribution < 1.29 is 30.2 Å². The number of hydrogen-bond acceptors (Lipinski definition) is 3. The van der Waals surface area contributed by atoms with Gasteiger partial charge in [-0.15, -0.1) is 0 Å². The summed E-state index contributed by atoms with van der Waals surface area (Å²) in [7, 11) is 7.62. The maximum absolute atomic E-state index is 5.51. The molecule has 0 spiro atoms. The van der Waals surface area contributed by atoms with E-state index in [0.717, 1.165) is 12.5 Å². The van der Waals surface area contributed by atoms with Gasteiger partial charge in [0.05, 0.1) is 27.2 Å². The largest absolute Gasteiger partial charge is 1.00 e. The van der Waals surface area contributed by atoms with Crippen molar-refractivity contribution in [1.29, 1.82) is 0 Å². The maximum atomic E-state index is 5.51. The number of rotatable bonds is 29. The first-order valence-corrected chi connectivity index (χ1v) is 17.9. The second-order valence-electron chi connectivity index (χ2n) is 11.9. The van der Waals surface area contributed by atoms with Gasteiger partial charge in [-0.05, 0) is 32.1 Å². The lowest BCUT2D eigenvalue weighted by molar-refractivity contribution is -0.890. The molecule has 6 heteroatoms. The smallest absolute Gasteiger partial charge is 0.500 e.